The maximum absolute atomic E-state index is 12.2. The third-order valence-corrected chi connectivity index (χ3v) is 4.32. The Hall–Kier alpha value is -1.57. The van der Waals surface area contributed by atoms with E-state index in [9.17, 15) is 14.9 Å². The summed E-state index contributed by atoms with van der Waals surface area (Å²) in [6.45, 7) is 2.09. The summed E-state index contributed by atoms with van der Waals surface area (Å²) in [5.41, 5.74) is 5.43. The maximum atomic E-state index is 12.2. The molecule has 1 aromatic rings. The molecule has 1 aliphatic rings. The SMILES string of the molecule is CC(Oc1ccc(Cl)cc1[N+](=O)[O-])C(=O)NC1CCCC1CN.Cl. The Morgan fingerprint density at radius 1 is 1.54 bits per heavy atom. The van der Waals surface area contributed by atoms with E-state index >= 15 is 0 Å². The van der Waals surface area contributed by atoms with Crippen LogP contribution in [-0.2, 0) is 4.79 Å². The normalized spacial score (nSPS) is 20.8. The molecular formula is C15H21Cl2N3O4. The number of halogens is 2. The fraction of sp³-hybridized carbons (Fsp3) is 0.533. The summed E-state index contributed by atoms with van der Waals surface area (Å²) in [5, 5.41) is 14.2. The van der Waals surface area contributed by atoms with Crippen molar-refractivity contribution >= 4 is 35.6 Å². The second kappa shape index (κ2) is 9.05. The molecule has 0 radical (unpaired) electrons. The first-order valence-electron chi connectivity index (χ1n) is 7.53. The van der Waals surface area contributed by atoms with Gasteiger partial charge in [-0.15, -0.1) is 12.4 Å². The Morgan fingerprint density at radius 3 is 2.88 bits per heavy atom. The molecule has 9 heteroatoms. The highest BCUT2D eigenvalue weighted by Crippen LogP contribution is 2.31. The summed E-state index contributed by atoms with van der Waals surface area (Å²) in [6, 6.07) is 4.11. The lowest BCUT2D eigenvalue weighted by Crippen LogP contribution is -2.45. The quantitative estimate of drug-likeness (QED) is 0.585. The van der Waals surface area contributed by atoms with Crippen molar-refractivity contribution in [1.29, 1.82) is 0 Å². The molecule has 1 saturated carbocycles. The minimum Gasteiger partial charge on any atom is -0.474 e. The third-order valence-electron chi connectivity index (χ3n) is 4.08. The molecule has 1 aromatic carbocycles. The largest absolute Gasteiger partial charge is 0.474 e. The maximum Gasteiger partial charge on any atom is 0.312 e. The number of nitrogens with one attached hydrogen (secondary N) is 1. The number of hydrogen-bond acceptors (Lipinski definition) is 5. The molecule has 0 spiro atoms. The third kappa shape index (κ3) is 4.96. The Morgan fingerprint density at radius 2 is 2.25 bits per heavy atom. The van der Waals surface area contributed by atoms with Crippen LogP contribution in [0.4, 0.5) is 5.69 Å². The highest BCUT2D eigenvalue weighted by molar-refractivity contribution is 6.30. The molecule has 134 valence electrons. The number of ether oxygens (including phenoxy) is 1. The van der Waals surface area contributed by atoms with Gasteiger partial charge in [-0.1, -0.05) is 18.0 Å². The number of carbonyl (C=O) groups excluding carboxylic acids is 1. The van der Waals surface area contributed by atoms with Crippen LogP contribution in [0, 0.1) is 16.0 Å². The van der Waals surface area contributed by atoms with Gasteiger partial charge in [-0.3, -0.25) is 14.9 Å². The number of rotatable bonds is 6. The minimum absolute atomic E-state index is 0. The van der Waals surface area contributed by atoms with E-state index in [-0.39, 0.29) is 46.7 Å². The van der Waals surface area contributed by atoms with Crippen molar-refractivity contribution in [1.82, 2.24) is 5.32 Å². The lowest BCUT2D eigenvalue weighted by atomic mass is 10.0. The van der Waals surface area contributed by atoms with Gasteiger partial charge >= 0.3 is 5.69 Å². The molecule has 0 aromatic heterocycles. The molecule has 1 aliphatic carbocycles. The summed E-state index contributed by atoms with van der Waals surface area (Å²) in [7, 11) is 0. The van der Waals surface area contributed by atoms with Crippen LogP contribution >= 0.6 is 24.0 Å². The van der Waals surface area contributed by atoms with Gasteiger partial charge in [0.25, 0.3) is 5.91 Å². The molecule has 3 atom stereocenters. The van der Waals surface area contributed by atoms with Gasteiger partial charge in [0, 0.05) is 17.1 Å². The minimum atomic E-state index is -0.853. The number of nitro groups is 1. The number of hydrogen-bond donors (Lipinski definition) is 2. The van der Waals surface area contributed by atoms with Gasteiger partial charge < -0.3 is 15.8 Å². The Labute approximate surface area is 151 Å². The molecule has 24 heavy (non-hydrogen) atoms. The summed E-state index contributed by atoms with van der Waals surface area (Å²) < 4.78 is 5.46. The summed E-state index contributed by atoms with van der Waals surface area (Å²) >= 11 is 5.75. The van der Waals surface area contributed by atoms with Crippen molar-refractivity contribution in [2.75, 3.05) is 6.54 Å². The monoisotopic (exact) mass is 377 g/mol. The predicted molar refractivity (Wildman–Crippen MR) is 93.8 cm³/mol. The van der Waals surface area contributed by atoms with Gasteiger partial charge in [-0.2, -0.15) is 0 Å². The van der Waals surface area contributed by atoms with Gasteiger partial charge in [0.15, 0.2) is 11.9 Å². The standard InChI is InChI=1S/C15H20ClN3O4.ClH/c1-9(15(20)18-12-4-2-3-10(12)8-17)23-14-6-5-11(16)7-13(14)19(21)22;/h5-7,9-10,12H,2-4,8,17H2,1H3,(H,18,20);1H. The molecule has 2 rings (SSSR count). The number of nitro benzene ring substituents is 1. The van der Waals surface area contributed by atoms with E-state index in [1.54, 1.807) is 6.92 Å². The second-order valence-electron chi connectivity index (χ2n) is 5.67. The van der Waals surface area contributed by atoms with Crippen molar-refractivity contribution in [3.8, 4) is 5.75 Å². The molecular weight excluding hydrogens is 357 g/mol. The van der Waals surface area contributed by atoms with E-state index in [0.717, 1.165) is 19.3 Å². The first kappa shape index (κ1) is 20.5. The number of benzene rings is 1. The fourth-order valence-electron chi connectivity index (χ4n) is 2.79. The zero-order valence-electron chi connectivity index (χ0n) is 13.2. The van der Waals surface area contributed by atoms with Crippen LogP contribution in [0.25, 0.3) is 0 Å². The van der Waals surface area contributed by atoms with Crippen molar-refractivity contribution < 1.29 is 14.5 Å². The van der Waals surface area contributed by atoms with E-state index in [0.29, 0.717) is 6.54 Å². The first-order chi connectivity index (χ1) is 10.9. The van der Waals surface area contributed by atoms with Gasteiger partial charge in [0.2, 0.25) is 0 Å². The zero-order valence-corrected chi connectivity index (χ0v) is 14.8. The molecule has 7 nitrogen and oxygen atoms in total. The lowest BCUT2D eigenvalue weighted by Gasteiger charge is -2.22. The fourth-order valence-corrected chi connectivity index (χ4v) is 2.95. The van der Waals surface area contributed by atoms with E-state index < -0.39 is 11.0 Å². The Bertz CT molecular complexity index is 600. The summed E-state index contributed by atoms with van der Waals surface area (Å²) in [5.74, 6) is -0.0144. The highest BCUT2D eigenvalue weighted by Gasteiger charge is 2.29. The second-order valence-corrected chi connectivity index (χ2v) is 6.11. The summed E-state index contributed by atoms with van der Waals surface area (Å²) in [6.07, 6.45) is 2.07. The van der Waals surface area contributed by atoms with Crippen LogP contribution in [0.15, 0.2) is 18.2 Å². The van der Waals surface area contributed by atoms with E-state index in [1.807, 2.05) is 0 Å². The van der Waals surface area contributed by atoms with Crippen LogP contribution in [0.1, 0.15) is 26.2 Å². The molecule has 1 fully saturated rings. The number of nitrogens with zero attached hydrogens (tertiary/aromatic N) is 1. The molecule has 3 N–H and O–H groups in total. The molecule has 0 heterocycles. The van der Waals surface area contributed by atoms with Crippen molar-refractivity contribution in [3.63, 3.8) is 0 Å². The van der Waals surface area contributed by atoms with Gasteiger partial charge in [-0.05, 0) is 44.4 Å². The van der Waals surface area contributed by atoms with Crippen molar-refractivity contribution in [2.45, 2.75) is 38.3 Å². The average molecular weight is 378 g/mol. The number of amides is 1. The lowest BCUT2D eigenvalue weighted by molar-refractivity contribution is -0.386. The van der Waals surface area contributed by atoms with E-state index in [4.69, 9.17) is 22.1 Å². The number of carbonyl (C=O) groups is 1. The summed E-state index contributed by atoms with van der Waals surface area (Å²) in [4.78, 5) is 22.7. The molecule has 0 aliphatic heterocycles. The zero-order chi connectivity index (χ0) is 17.0. The smallest absolute Gasteiger partial charge is 0.312 e. The Kier molecular flexibility index (Phi) is 7.72. The van der Waals surface area contributed by atoms with Gasteiger partial charge in [0.1, 0.15) is 0 Å². The topological polar surface area (TPSA) is 107 Å². The van der Waals surface area contributed by atoms with E-state index in [1.165, 1.54) is 18.2 Å². The number of nitrogens with two attached hydrogens (primary N) is 1. The molecule has 3 unspecified atom stereocenters. The van der Waals surface area contributed by atoms with E-state index in [2.05, 4.69) is 5.32 Å². The molecule has 0 bridgehead atoms. The Balaban J connectivity index is 0.00000288. The van der Waals surface area contributed by atoms with Gasteiger partial charge in [-0.25, -0.2) is 0 Å². The van der Waals surface area contributed by atoms with Crippen LogP contribution in [0.3, 0.4) is 0 Å². The highest BCUT2D eigenvalue weighted by atomic mass is 35.5. The predicted octanol–water partition coefficient (Wildman–Crippen LogP) is 2.68. The van der Waals surface area contributed by atoms with Gasteiger partial charge in [0.05, 0.1) is 4.92 Å². The van der Waals surface area contributed by atoms with Crippen LogP contribution in [0.5, 0.6) is 5.75 Å². The van der Waals surface area contributed by atoms with Crippen molar-refractivity contribution in [2.24, 2.45) is 11.7 Å². The van der Waals surface area contributed by atoms with Crippen LogP contribution in [-0.4, -0.2) is 29.5 Å². The average Bonchev–Trinajstić information content (AvgIpc) is 2.95. The molecule has 0 saturated heterocycles. The first-order valence-corrected chi connectivity index (χ1v) is 7.91. The van der Waals surface area contributed by atoms with Crippen LogP contribution < -0.4 is 15.8 Å². The molecule has 1 amide bonds. The van der Waals surface area contributed by atoms with Crippen molar-refractivity contribution in [3.05, 3.63) is 33.3 Å². The van der Waals surface area contributed by atoms with Crippen LogP contribution in [0.2, 0.25) is 5.02 Å².